The third-order valence-corrected chi connectivity index (χ3v) is 5.57. The number of aromatic nitrogens is 1. The van der Waals surface area contributed by atoms with Crippen LogP contribution in [0.15, 0.2) is 53.1 Å². The highest BCUT2D eigenvalue weighted by Gasteiger charge is 2.24. The van der Waals surface area contributed by atoms with Crippen molar-refractivity contribution in [1.82, 2.24) is 10.1 Å². The first-order valence-electron chi connectivity index (χ1n) is 10.8. The molecule has 1 aliphatic rings. The monoisotopic (exact) mass is 436 g/mol. The number of ether oxygens (including phenoxy) is 3. The highest BCUT2D eigenvalue weighted by Crippen LogP contribution is 2.31. The maximum Gasteiger partial charge on any atom is 0.227 e. The van der Waals surface area contributed by atoms with Gasteiger partial charge in [0, 0.05) is 6.54 Å². The fourth-order valence-electron chi connectivity index (χ4n) is 3.66. The first-order chi connectivity index (χ1) is 15.5. The molecule has 0 fully saturated rings. The van der Waals surface area contributed by atoms with Gasteiger partial charge in [0.05, 0.1) is 24.2 Å². The zero-order valence-corrected chi connectivity index (χ0v) is 18.7. The summed E-state index contributed by atoms with van der Waals surface area (Å²) in [7, 11) is 0. The molecule has 1 atom stereocenters. The molecular formula is C25H28N2O5. The predicted octanol–water partition coefficient (Wildman–Crippen LogP) is 4.10. The summed E-state index contributed by atoms with van der Waals surface area (Å²) in [6.45, 7) is 7.67. The SMILES string of the molecule is CCN(CC1COc2ccccc2O1)C(=O)Cc1ccc(OCc2c(C)noc2C)cc1. The van der Waals surface area contributed by atoms with E-state index in [0.717, 1.165) is 39.8 Å². The van der Waals surface area contributed by atoms with E-state index < -0.39 is 0 Å². The number of carbonyl (C=O) groups is 1. The van der Waals surface area contributed by atoms with Gasteiger partial charge in [-0.25, -0.2) is 0 Å². The van der Waals surface area contributed by atoms with Crippen molar-refractivity contribution in [2.45, 2.75) is 39.9 Å². The molecule has 0 N–H and O–H groups in total. The number of para-hydroxylation sites is 2. The van der Waals surface area contributed by atoms with Crippen LogP contribution in [0.25, 0.3) is 0 Å². The van der Waals surface area contributed by atoms with Crippen molar-refractivity contribution in [3.63, 3.8) is 0 Å². The summed E-state index contributed by atoms with van der Waals surface area (Å²) >= 11 is 0. The number of amides is 1. The smallest absolute Gasteiger partial charge is 0.227 e. The van der Waals surface area contributed by atoms with Crippen LogP contribution in [0.1, 0.15) is 29.5 Å². The van der Waals surface area contributed by atoms with Crippen LogP contribution in [0.4, 0.5) is 0 Å². The van der Waals surface area contributed by atoms with E-state index in [9.17, 15) is 4.79 Å². The Labute approximate surface area is 187 Å². The predicted molar refractivity (Wildman–Crippen MR) is 119 cm³/mol. The average Bonchev–Trinajstić information content (AvgIpc) is 3.13. The molecule has 2 aromatic carbocycles. The highest BCUT2D eigenvalue weighted by atomic mass is 16.6. The fraction of sp³-hybridized carbons (Fsp3) is 0.360. The Morgan fingerprint density at radius 1 is 1.12 bits per heavy atom. The van der Waals surface area contributed by atoms with Crippen molar-refractivity contribution in [3.8, 4) is 17.2 Å². The molecule has 0 aliphatic carbocycles. The Morgan fingerprint density at radius 2 is 1.88 bits per heavy atom. The number of benzene rings is 2. The molecule has 0 saturated carbocycles. The highest BCUT2D eigenvalue weighted by molar-refractivity contribution is 5.78. The average molecular weight is 437 g/mol. The standard InChI is InChI=1S/C25H28N2O5/c1-4-27(14-21-15-30-23-7-5-6-8-24(23)31-21)25(28)13-19-9-11-20(12-10-19)29-16-22-17(2)26-32-18(22)3/h5-12,21H,4,13-16H2,1-3H3. The first-order valence-corrected chi connectivity index (χ1v) is 10.8. The molecule has 1 aromatic heterocycles. The van der Waals surface area contributed by atoms with E-state index in [4.69, 9.17) is 18.7 Å². The summed E-state index contributed by atoms with van der Waals surface area (Å²) in [4.78, 5) is 14.7. The van der Waals surface area contributed by atoms with Gasteiger partial charge < -0.3 is 23.6 Å². The van der Waals surface area contributed by atoms with Crippen LogP contribution in [0.5, 0.6) is 17.2 Å². The second-order valence-corrected chi connectivity index (χ2v) is 7.84. The molecule has 1 unspecified atom stereocenters. The lowest BCUT2D eigenvalue weighted by Gasteiger charge is -2.31. The Balaban J connectivity index is 1.30. The molecule has 3 aromatic rings. The van der Waals surface area contributed by atoms with Crippen molar-refractivity contribution in [2.24, 2.45) is 0 Å². The third-order valence-electron chi connectivity index (χ3n) is 5.57. The maximum atomic E-state index is 12.9. The molecule has 2 heterocycles. The second-order valence-electron chi connectivity index (χ2n) is 7.84. The minimum absolute atomic E-state index is 0.0550. The molecule has 0 radical (unpaired) electrons. The zero-order valence-electron chi connectivity index (χ0n) is 18.7. The van der Waals surface area contributed by atoms with Crippen LogP contribution in [-0.2, 0) is 17.8 Å². The summed E-state index contributed by atoms with van der Waals surface area (Å²) < 4.78 is 22.8. The lowest BCUT2D eigenvalue weighted by atomic mass is 10.1. The van der Waals surface area contributed by atoms with Gasteiger partial charge in [0.1, 0.15) is 24.7 Å². The van der Waals surface area contributed by atoms with Crippen molar-refractivity contribution >= 4 is 5.91 Å². The molecule has 7 heteroatoms. The van der Waals surface area contributed by atoms with E-state index in [0.29, 0.717) is 32.7 Å². The van der Waals surface area contributed by atoms with Crippen LogP contribution in [0.2, 0.25) is 0 Å². The van der Waals surface area contributed by atoms with Crippen molar-refractivity contribution in [1.29, 1.82) is 0 Å². The normalized spacial score (nSPS) is 14.8. The van der Waals surface area contributed by atoms with Crippen molar-refractivity contribution in [3.05, 3.63) is 71.1 Å². The molecule has 0 saturated heterocycles. The fourth-order valence-corrected chi connectivity index (χ4v) is 3.66. The number of hydrogen-bond acceptors (Lipinski definition) is 6. The van der Waals surface area contributed by atoms with Gasteiger partial charge >= 0.3 is 0 Å². The topological polar surface area (TPSA) is 74.0 Å². The Hall–Kier alpha value is -3.48. The molecular weight excluding hydrogens is 408 g/mol. The third kappa shape index (κ3) is 5.04. The lowest BCUT2D eigenvalue weighted by Crippen LogP contribution is -2.44. The minimum Gasteiger partial charge on any atom is -0.489 e. The minimum atomic E-state index is -0.186. The Kier molecular flexibility index (Phi) is 6.63. The number of aryl methyl sites for hydroxylation is 2. The summed E-state index contributed by atoms with van der Waals surface area (Å²) in [5.74, 6) is 3.02. The van der Waals surface area contributed by atoms with E-state index in [1.807, 2.05) is 74.2 Å². The Morgan fingerprint density at radius 3 is 2.56 bits per heavy atom. The quantitative estimate of drug-likeness (QED) is 0.529. The number of hydrogen-bond donors (Lipinski definition) is 0. The van der Waals surface area contributed by atoms with Gasteiger partial charge in [0.2, 0.25) is 5.91 Å². The molecule has 0 spiro atoms. The summed E-state index contributed by atoms with van der Waals surface area (Å²) in [6, 6.07) is 15.2. The summed E-state index contributed by atoms with van der Waals surface area (Å²) in [6.07, 6.45) is 0.135. The number of likely N-dealkylation sites (N-methyl/N-ethyl adjacent to an activating group) is 1. The molecule has 0 bridgehead atoms. The van der Waals surface area contributed by atoms with E-state index in [1.165, 1.54) is 0 Å². The maximum absolute atomic E-state index is 12.9. The van der Waals surface area contributed by atoms with Crippen LogP contribution >= 0.6 is 0 Å². The van der Waals surface area contributed by atoms with Gasteiger partial charge in [-0.1, -0.05) is 29.4 Å². The van der Waals surface area contributed by atoms with Crippen LogP contribution in [0, 0.1) is 13.8 Å². The summed E-state index contributed by atoms with van der Waals surface area (Å²) in [5.41, 5.74) is 2.73. The van der Waals surface area contributed by atoms with Gasteiger partial charge in [-0.2, -0.15) is 0 Å². The molecule has 32 heavy (non-hydrogen) atoms. The molecule has 4 rings (SSSR count). The first kappa shape index (κ1) is 21.7. The molecule has 1 amide bonds. The van der Waals surface area contributed by atoms with Crippen LogP contribution in [-0.4, -0.2) is 41.8 Å². The Bertz CT molecular complexity index is 1040. The van der Waals surface area contributed by atoms with Crippen molar-refractivity contribution in [2.75, 3.05) is 19.7 Å². The molecule has 168 valence electrons. The lowest BCUT2D eigenvalue weighted by molar-refractivity contribution is -0.131. The number of carbonyl (C=O) groups excluding carboxylic acids is 1. The van der Waals surface area contributed by atoms with Gasteiger partial charge in [-0.3, -0.25) is 4.79 Å². The van der Waals surface area contributed by atoms with Gasteiger partial charge in [0.25, 0.3) is 0 Å². The summed E-state index contributed by atoms with van der Waals surface area (Å²) in [5, 5.41) is 3.94. The van der Waals surface area contributed by atoms with Crippen LogP contribution in [0.3, 0.4) is 0 Å². The van der Waals surface area contributed by atoms with E-state index >= 15 is 0 Å². The van der Waals surface area contributed by atoms with Gasteiger partial charge in [-0.05, 0) is 50.6 Å². The molecule has 1 aliphatic heterocycles. The van der Waals surface area contributed by atoms with Gasteiger partial charge in [0.15, 0.2) is 17.6 Å². The number of nitrogens with zero attached hydrogens (tertiary/aromatic N) is 2. The van der Waals surface area contributed by atoms with E-state index in [-0.39, 0.29) is 12.0 Å². The van der Waals surface area contributed by atoms with E-state index in [2.05, 4.69) is 5.16 Å². The number of rotatable bonds is 8. The second kappa shape index (κ2) is 9.77. The van der Waals surface area contributed by atoms with E-state index in [1.54, 1.807) is 0 Å². The molecule has 7 nitrogen and oxygen atoms in total. The largest absolute Gasteiger partial charge is 0.489 e. The number of fused-ring (bicyclic) bond motifs is 1. The van der Waals surface area contributed by atoms with Crippen molar-refractivity contribution < 1.29 is 23.5 Å². The van der Waals surface area contributed by atoms with Crippen LogP contribution < -0.4 is 14.2 Å². The van der Waals surface area contributed by atoms with Gasteiger partial charge in [-0.15, -0.1) is 0 Å². The zero-order chi connectivity index (χ0) is 22.5.